The second kappa shape index (κ2) is 25.3. The molecule has 2 aromatic carbocycles. The van der Waals surface area contributed by atoms with Crippen molar-refractivity contribution in [1.82, 2.24) is 4.90 Å². The minimum Gasteiger partial charge on any atom is -0.461 e. The first-order chi connectivity index (χ1) is 21.4. The molecule has 0 heterocycles. The van der Waals surface area contributed by atoms with E-state index < -0.39 is 11.9 Å². The summed E-state index contributed by atoms with van der Waals surface area (Å²) in [5.74, 6) is -0.907. The van der Waals surface area contributed by atoms with E-state index in [0.717, 1.165) is 36.8 Å². The van der Waals surface area contributed by atoms with Gasteiger partial charge in [-0.15, -0.1) is 12.4 Å². The van der Waals surface area contributed by atoms with E-state index in [9.17, 15) is 14.4 Å². The fraction of sp³-hybridized carbons (Fsp3) is 0.595. The molecule has 0 unspecified atom stereocenters. The highest BCUT2D eigenvalue weighted by molar-refractivity contribution is 5.85. The van der Waals surface area contributed by atoms with E-state index >= 15 is 0 Å². The molecule has 0 spiro atoms. The quantitative estimate of drug-likeness (QED) is 0.0851. The van der Waals surface area contributed by atoms with Gasteiger partial charge in [-0.25, -0.2) is 0 Å². The maximum Gasteiger partial charge on any atom is 0.306 e. The fourth-order valence-electron chi connectivity index (χ4n) is 5.62. The summed E-state index contributed by atoms with van der Waals surface area (Å²) in [6.07, 6.45) is 16.1. The first-order valence-electron chi connectivity index (χ1n) is 17.0. The number of carbonyl (C=O) groups is 3. The zero-order valence-corrected chi connectivity index (χ0v) is 28.3. The molecule has 2 rings (SSSR count). The number of nitrogens with two attached hydrogens (primary N) is 2. The Morgan fingerprint density at radius 2 is 1.27 bits per heavy atom. The summed E-state index contributed by atoms with van der Waals surface area (Å²) in [5, 5.41) is 0. The first kappa shape index (κ1) is 40.1. The SMILES string of the molecule is CCCCCCCCCCCCC[C@@H](CC(N)=O)N(CCc1ccccc1)C(=O)[C@@H](N)CCCC(=O)OCc1ccccc1.Cl. The Hall–Kier alpha value is -2.90. The fourth-order valence-corrected chi connectivity index (χ4v) is 5.62. The third kappa shape index (κ3) is 18.6. The van der Waals surface area contributed by atoms with Crippen LogP contribution in [0.4, 0.5) is 0 Å². The molecule has 2 atom stereocenters. The third-order valence-corrected chi connectivity index (χ3v) is 8.24. The summed E-state index contributed by atoms with van der Waals surface area (Å²) < 4.78 is 5.37. The zero-order valence-electron chi connectivity index (χ0n) is 27.5. The van der Waals surface area contributed by atoms with Crippen molar-refractivity contribution in [3.05, 3.63) is 71.8 Å². The lowest BCUT2D eigenvalue weighted by Crippen LogP contribution is -2.50. The number of benzene rings is 2. The number of rotatable bonds is 25. The van der Waals surface area contributed by atoms with Crippen molar-refractivity contribution < 1.29 is 19.1 Å². The molecule has 0 saturated heterocycles. The number of primary amides is 1. The van der Waals surface area contributed by atoms with Crippen molar-refractivity contribution in [2.45, 2.75) is 135 Å². The van der Waals surface area contributed by atoms with Crippen molar-refractivity contribution in [3.8, 4) is 0 Å². The minimum atomic E-state index is -0.764. The molecule has 7 nitrogen and oxygen atoms in total. The van der Waals surface area contributed by atoms with Crippen LogP contribution in [0.3, 0.4) is 0 Å². The van der Waals surface area contributed by atoms with Crippen molar-refractivity contribution in [2.24, 2.45) is 11.5 Å². The summed E-state index contributed by atoms with van der Waals surface area (Å²) in [4.78, 5) is 39.9. The largest absolute Gasteiger partial charge is 0.461 e. The maximum absolute atomic E-state index is 13.7. The Kier molecular flexibility index (Phi) is 22.6. The molecule has 4 N–H and O–H groups in total. The van der Waals surface area contributed by atoms with Gasteiger partial charge in [-0.3, -0.25) is 14.4 Å². The van der Waals surface area contributed by atoms with Crippen LogP contribution in [0.15, 0.2) is 60.7 Å². The summed E-state index contributed by atoms with van der Waals surface area (Å²) in [7, 11) is 0. The van der Waals surface area contributed by atoms with Crippen LogP contribution in [-0.4, -0.2) is 41.3 Å². The van der Waals surface area contributed by atoms with Gasteiger partial charge in [-0.05, 0) is 36.8 Å². The minimum absolute atomic E-state index is 0. The van der Waals surface area contributed by atoms with E-state index in [-0.39, 0.29) is 49.8 Å². The molecule has 2 aromatic rings. The molecular weight excluding hydrogens is 586 g/mol. The summed E-state index contributed by atoms with van der Waals surface area (Å²) in [5.41, 5.74) is 14.1. The van der Waals surface area contributed by atoms with Crippen LogP contribution in [-0.2, 0) is 32.1 Å². The first-order valence-corrected chi connectivity index (χ1v) is 17.0. The topological polar surface area (TPSA) is 116 Å². The lowest BCUT2D eigenvalue weighted by Gasteiger charge is -2.33. The van der Waals surface area contributed by atoms with Crippen LogP contribution in [0.2, 0.25) is 0 Å². The van der Waals surface area contributed by atoms with Crippen LogP contribution < -0.4 is 11.5 Å². The Labute approximate surface area is 278 Å². The standard InChI is InChI=1S/C37H57N3O4.ClH/c1-2-3-4-5-6-7-8-9-10-11-18-24-33(29-35(39)41)40(28-27-31-20-14-12-15-21-31)37(43)34(38)25-19-26-36(42)44-30-32-22-16-13-17-23-32;/h12-17,20-23,33-34H,2-11,18-19,24-30,38H2,1H3,(H2,39,41);1H/t33-,34-;/m0./s1. The van der Waals surface area contributed by atoms with Gasteiger partial charge >= 0.3 is 5.97 Å². The molecular formula is C37H58ClN3O4. The second-order valence-corrected chi connectivity index (χ2v) is 12.1. The Bertz CT molecular complexity index is 1050. The molecule has 0 saturated carbocycles. The highest BCUT2D eigenvalue weighted by Gasteiger charge is 2.28. The van der Waals surface area contributed by atoms with Gasteiger partial charge in [-0.2, -0.15) is 0 Å². The molecule has 252 valence electrons. The predicted molar refractivity (Wildman–Crippen MR) is 186 cm³/mol. The van der Waals surface area contributed by atoms with E-state index in [4.69, 9.17) is 16.2 Å². The van der Waals surface area contributed by atoms with Crippen LogP contribution in [0.25, 0.3) is 0 Å². The van der Waals surface area contributed by atoms with Crippen molar-refractivity contribution in [1.29, 1.82) is 0 Å². The number of ether oxygens (including phenoxy) is 1. The molecule has 0 aliphatic rings. The van der Waals surface area contributed by atoms with Crippen molar-refractivity contribution in [2.75, 3.05) is 6.54 Å². The highest BCUT2D eigenvalue weighted by atomic mass is 35.5. The Morgan fingerprint density at radius 1 is 0.733 bits per heavy atom. The maximum atomic E-state index is 13.7. The van der Waals surface area contributed by atoms with Crippen LogP contribution in [0, 0.1) is 0 Å². The molecule has 8 heteroatoms. The number of halogens is 1. The van der Waals surface area contributed by atoms with E-state index in [1.54, 1.807) is 4.90 Å². The molecule has 45 heavy (non-hydrogen) atoms. The van der Waals surface area contributed by atoms with Crippen LogP contribution in [0.5, 0.6) is 0 Å². The van der Waals surface area contributed by atoms with E-state index in [2.05, 4.69) is 6.92 Å². The lowest BCUT2D eigenvalue weighted by atomic mass is 9.99. The number of amides is 2. The molecule has 0 bridgehead atoms. The molecule has 0 aliphatic heterocycles. The van der Waals surface area contributed by atoms with Crippen molar-refractivity contribution in [3.63, 3.8) is 0 Å². The molecule has 0 aliphatic carbocycles. The van der Waals surface area contributed by atoms with Gasteiger partial charge in [0.25, 0.3) is 0 Å². The summed E-state index contributed by atoms with van der Waals surface area (Å²) >= 11 is 0. The van der Waals surface area contributed by atoms with E-state index in [1.807, 2.05) is 60.7 Å². The Balaban J connectivity index is 0.0000101. The number of hydrogen-bond acceptors (Lipinski definition) is 5. The van der Waals surface area contributed by atoms with Gasteiger partial charge in [-0.1, -0.05) is 138 Å². The molecule has 0 fully saturated rings. The molecule has 2 amide bonds. The number of esters is 1. The smallest absolute Gasteiger partial charge is 0.306 e. The van der Waals surface area contributed by atoms with Gasteiger partial charge in [0.05, 0.1) is 6.04 Å². The third-order valence-electron chi connectivity index (χ3n) is 8.24. The number of unbranched alkanes of at least 4 members (excludes halogenated alkanes) is 10. The van der Waals surface area contributed by atoms with Gasteiger partial charge in [0.2, 0.25) is 11.8 Å². The van der Waals surface area contributed by atoms with Gasteiger partial charge < -0.3 is 21.1 Å². The second-order valence-electron chi connectivity index (χ2n) is 12.1. The van der Waals surface area contributed by atoms with Crippen molar-refractivity contribution >= 4 is 30.2 Å². The normalized spacial score (nSPS) is 12.1. The Morgan fingerprint density at radius 3 is 1.82 bits per heavy atom. The van der Waals surface area contributed by atoms with Crippen LogP contribution in [0.1, 0.15) is 121 Å². The average molecular weight is 644 g/mol. The molecule has 0 radical (unpaired) electrons. The van der Waals surface area contributed by atoms with Crippen LogP contribution >= 0.6 is 12.4 Å². The number of carbonyl (C=O) groups excluding carboxylic acids is 3. The highest BCUT2D eigenvalue weighted by Crippen LogP contribution is 2.19. The monoisotopic (exact) mass is 643 g/mol. The summed E-state index contributed by atoms with van der Waals surface area (Å²) in [6.45, 7) is 2.94. The zero-order chi connectivity index (χ0) is 31.8. The van der Waals surface area contributed by atoms with Gasteiger partial charge in [0, 0.05) is 25.4 Å². The summed E-state index contributed by atoms with van der Waals surface area (Å²) in [6, 6.07) is 18.5. The number of hydrogen-bond donors (Lipinski definition) is 2. The average Bonchev–Trinajstić information content (AvgIpc) is 3.03. The van der Waals surface area contributed by atoms with Gasteiger partial charge in [0.15, 0.2) is 0 Å². The number of nitrogens with zero attached hydrogens (tertiary/aromatic N) is 1. The van der Waals surface area contributed by atoms with Gasteiger partial charge in [0.1, 0.15) is 6.61 Å². The van der Waals surface area contributed by atoms with E-state index in [1.165, 1.54) is 51.4 Å². The molecule has 0 aromatic heterocycles. The van der Waals surface area contributed by atoms with E-state index in [0.29, 0.717) is 25.8 Å². The predicted octanol–water partition coefficient (Wildman–Crippen LogP) is 7.67. The lowest BCUT2D eigenvalue weighted by molar-refractivity contribution is -0.145.